The molecule has 0 bridgehead atoms. The average molecular weight is 491 g/mol. The molecule has 0 aromatic heterocycles. The van der Waals surface area contributed by atoms with E-state index in [0.717, 1.165) is 0 Å². The van der Waals surface area contributed by atoms with Gasteiger partial charge in [0, 0.05) is 0 Å². The zero-order chi connectivity index (χ0) is 12.6. The van der Waals surface area contributed by atoms with E-state index in [4.69, 9.17) is 0 Å². The maximum absolute atomic E-state index is 4.15. The molecule has 0 atom stereocenters. The summed E-state index contributed by atoms with van der Waals surface area (Å²) in [5, 5.41) is 0. The normalized spacial score (nSPS) is 23.9. The van der Waals surface area contributed by atoms with E-state index in [1.54, 1.807) is 0 Å². The molecule has 106 valence electrons. The van der Waals surface area contributed by atoms with Crippen LogP contribution in [0.1, 0.15) is 77.0 Å². The van der Waals surface area contributed by atoms with Crippen LogP contribution in [-0.4, -0.2) is 0 Å². The summed E-state index contributed by atoms with van der Waals surface area (Å²) in [5.41, 5.74) is 0. The van der Waals surface area contributed by atoms with E-state index < -0.39 is 14.5 Å². The van der Waals surface area contributed by atoms with Crippen molar-refractivity contribution < 1.29 is 14.5 Å². The van der Waals surface area contributed by atoms with Gasteiger partial charge in [0.05, 0.1) is 0 Å². The Hall–Kier alpha value is 0.609. The molecule has 0 saturated heterocycles. The number of halogens is 1. The van der Waals surface area contributed by atoms with Gasteiger partial charge in [-0.25, -0.2) is 0 Å². The summed E-state index contributed by atoms with van der Waals surface area (Å²) in [6.45, 7) is 0. The van der Waals surface area contributed by atoms with Crippen molar-refractivity contribution >= 4 is 13.5 Å². The second kappa shape index (κ2) is 8.72. The Bertz CT molecular complexity index is 276. The monoisotopic (exact) mass is 490 g/mol. The molecule has 2 aliphatic rings. The molecule has 0 N–H and O–H groups in total. The molecule has 0 aromatic carbocycles. The Morgan fingerprint density at radius 1 is 0.667 bits per heavy atom. The van der Waals surface area contributed by atoms with E-state index in [-0.39, 0.29) is 0 Å². The minimum atomic E-state index is -1.22. The summed E-state index contributed by atoms with van der Waals surface area (Å²) < 4.78 is 3.67. The molecule has 2 heteroatoms. The van der Waals surface area contributed by atoms with Crippen LogP contribution in [0, 0.1) is 0 Å². The summed E-state index contributed by atoms with van der Waals surface area (Å²) >= 11 is 2.93. The molecule has 18 heavy (non-hydrogen) atoms. The van der Waals surface area contributed by atoms with E-state index in [9.17, 15) is 0 Å². The van der Waals surface area contributed by atoms with Crippen LogP contribution in [0.15, 0.2) is 20.3 Å². The fourth-order valence-corrected chi connectivity index (χ4v) is 11.0. The molecular weight excluding hydrogens is 464 g/mol. The van der Waals surface area contributed by atoms with Gasteiger partial charge in [-0.15, -0.1) is 0 Å². The molecule has 0 amide bonds. The molecule has 0 heterocycles. The van der Waals surface area contributed by atoms with Gasteiger partial charge in [0.15, 0.2) is 0 Å². The van der Waals surface area contributed by atoms with Crippen molar-refractivity contribution in [1.82, 2.24) is 0 Å². The molecule has 0 nitrogen and oxygen atoms in total. The molecule has 0 spiro atoms. The Balaban J connectivity index is 2.00. The molecule has 0 unspecified atom stereocenters. The minimum absolute atomic E-state index is 1.22. The molecule has 2 aliphatic carbocycles. The first-order valence-corrected chi connectivity index (χ1v) is 15.2. The van der Waals surface area contributed by atoms with Gasteiger partial charge in [0.25, 0.3) is 0 Å². The summed E-state index contributed by atoms with van der Waals surface area (Å²) in [5.74, 6) is 0. The van der Waals surface area contributed by atoms with Crippen LogP contribution in [0.25, 0.3) is 0 Å². The van der Waals surface area contributed by atoms with Crippen LogP contribution < -0.4 is 0 Å². The SMILES string of the molecule is [Br][Ir]([C]1=CCCCCCC1)[C]1=CCCCCCC1. The van der Waals surface area contributed by atoms with Crippen molar-refractivity contribution in [2.45, 2.75) is 77.0 Å². The van der Waals surface area contributed by atoms with E-state index in [2.05, 4.69) is 25.6 Å². The Kier molecular flexibility index (Phi) is 7.27. The molecule has 0 fully saturated rings. The average Bonchev–Trinajstić information content (AvgIpc) is 2.27. The van der Waals surface area contributed by atoms with Gasteiger partial charge < -0.3 is 0 Å². The third kappa shape index (κ3) is 4.94. The first-order valence-electron chi connectivity index (χ1n) is 7.56. The predicted octanol–water partition coefficient (Wildman–Crippen LogP) is 6.39. The molecule has 2 rings (SSSR count). The standard InChI is InChI=1S/2C8H13.BrH.Ir/c2*1-2-4-6-8-7-5-3-1;;/h2*1H,2,4-8H2;1H;/q;;;+1/p-1. The van der Waals surface area contributed by atoms with Gasteiger partial charge in [-0.1, -0.05) is 0 Å². The van der Waals surface area contributed by atoms with Gasteiger partial charge in [0.2, 0.25) is 0 Å². The van der Waals surface area contributed by atoms with E-state index >= 15 is 0 Å². The van der Waals surface area contributed by atoms with Gasteiger partial charge in [-0.3, -0.25) is 0 Å². The summed E-state index contributed by atoms with van der Waals surface area (Å²) in [4.78, 5) is 0. The Labute approximate surface area is 125 Å². The Morgan fingerprint density at radius 3 is 1.61 bits per heavy atom. The fourth-order valence-electron chi connectivity index (χ4n) is 2.68. The van der Waals surface area contributed by atoms with Crippen LogP contribution >= 0.6 is 13.5 Å². The van der Waals surface area contributed by atoms with E-state index in [1.807, 2.05) is 8.17 Å². The van der Waals surface area contributed by atoms with E-state index in [0.29, 0.717) is 0 Å². The number of allylic oxidation sites excluding steroid dienone is 4. The maximum atomic E-state index is 4.15. The van der Waals surface area contributed by atoms with Crippen LogP contribution in [0.4, 0.5) is 0 Å². The van der Waals surface area contributed by atoms with Crippen molar-refractivity contribution in [2.24, 2.45) is 0 Å². The zero-order valence-corrected chi connectivity index (χ0v) is 15.3. The topological polar surface area (TPSA) is 0 Å². The first kappa shape index (κ1) is 15.0. The Morgan fingerprint density at radius 2 is 1.11 bits per heavy atom. The third-order valence-corrected chi connectivity index (χ3v) is 14.2. The van der Waals surface area contributed by atoms with Crippen LogP contribution in [-0.2, 0) is 14.5 Å². The molecule has 0 saturated carbocycles. The van der Waals surface area contributed by atoms with Crippen molar-refractivity contribution in [1.29, 1.82) is 0 Å². The molecular formula is C16H26BrIr. The van der Waals surface area contributed by atoms with Crippen LogP contribution in [0.5, 0.6) is 0 Å². The second-order valence-electron chi connectivity index (χ2n) is 5.36. The summed E-state index contributed by atoms with van der Waals surface area (Å²) in [6.07, 6.45) is 22.2. The van der Waals surface area contributed by atoms with Crippen molar-refractivity contribution in [2.75, 3.05) is 0 Å². The number of hydrogen-bond acceptors (Lipinski definition) is 0. The fraction of sp³-hybridized carbons (Fsp3) is 0.750. The van der Waals surface area contributed by atoms with Gasteiger partial charge in [-0.05, 0) is 0 Å². The predicted molar refractivity (Wildman–Crippen MR) is 80.5 cm³/mol. The van der Waals surface area contributed by atoms with Gasteiger partial charge >= 0.3 is 125 Å². The first-order chi connectivity index (χ1) is 8.88. The third-order valence-electron chi connectivity index (χ3n) is 3.81. The van der Waals surface area contributed by atoms with Gasteiger partial charge in [0.1, 0.15) is 0 Å². The van der Waals surface area contributed by atoms with Crippen LogP contribution in [0.3, 0.4) is 0 Å². The quantitative estimate of drug-likeness (QED) is 0.421. The second-order valence-corrected chi connectivity index (χ2v) is 14.3. The molecule has 0 radical (unpaired) electrons. The molecule has 0 aliphatic heterocycles. The van der Waals surface area contributed by atoms with Gasteiger partial charge in [-0.2, -0.15) is 0 Å². The van der Waals surface area contributed by atoms with Crippen LogP contribution in [0.2, 0.25) is 0 Å². The van der Waals surface area contributed by atoms with Crippen molar-refractivity contribution in [3.05, 3.63) is 20.3 Å². The van der Waals surface area contributed by atoms with Crippen molar-refractivity contribution in [3.8, 4) is 0 Å². The number of hydrogen-bond donors (Lipinski definition) is 0. The van der Waals surface area contributed by atoms with E-state index in [1.165, 1.54) is 77.0 Å². The summed E-state index contributed by atoms with van der Waals surface area (Å²) in [6, 6.07) is 0. The zero-order valence-electron chi connectivity index (χ0n) is 11.4. The number of rotatable bonds is 2. The molecule has 0 aromatic rings. The van der Waals surface area contributed by atoms with Crippen molar-refractivity contribution in [3.63, 3.8) is 0 Å². The summed E-state index contributed by atoms with van der Waals surface area (Å²) in [7, 11) is 0.